The first kappa shape index (κ1) is 16.4. The van der Waals surface area contributed by atoms with E-state index in [9.17, 15) is 9.59 Å². The maximum atomic E-state index is 12.9. The zero-order chi connectivity index (χ0) is 17.7. The molecule has 3 aromatic rings. The number of anilines is 1. The summed E-state index contributed by atoms with van der Waals surface area (Å²) in [5, 5.41) is 3.99. The van der Waals surface area contributed by atoms with E-state index >= 15 is 0 Å². The third-order valence-electron chi connectivity index (χ3n) is 4.52. The Morgan fingerprint density at radius 3 is 2.84 bits per heavy atom. The predicted octanol–water partition coefficient (Wildman–Crippen LogP) is 4.53. The summed E-state index contributed by atoms with van der Waals surface area (Å²) in [6.07, 6.45) is 2.52. The van der Waals surface area contributed by atoms with Crippen molar-refractivity contribution in [1.82, 2.24) is 4.57 Å². The van der Waals surface area contributed by atoms with Crippen LogP contribution in [0.3, 0.4) is 0 Å². The summed E-state index contributed by atoms with van der Waals surface area (Å²) in [7, 11) is 0. The second-order valence-corrected chi connectivity index (χ2v) is 7.54. The molecule has 1 aromatic heterocycles. The minimum Gasteiger partial charge on any atom is -0.346 e. The van der Waals surface area contributed by atoms with Crippen LogP contribution in [0.15, 0.2) is 45.8 Å². The van der Waals surface area contributed by atoms with E-state index in [2.05, 4.69) is 21.2 Å². The van der Waals surface area contributed by atoms with E-state index in [1.54, 1.807) is 30.5 Å². The topological polar surface area (TPSA) is 51.1 Å². The normalized spacial score (nSPS) is 12.6. The molecule has 1 aliphatic rings. The van der Waals surface area contributed by atoms with Gasteiger partial charge in [0.1, 0.15) is 5.56 Å². The fourth-order valence-corrected chi connectivity index (χ4v) is 4.05. The largest absolute Gasteiger partial charge is 0.346 e. The average Bonchev–Trinajstić information content (AvgIpc) is 2.96. The fourth-order valence-electron chi connectivity index (χ4n) is 3.32. The van der Waals surface area contributed by atoms with Gasteiger partial charge in [-0.05, 0) is 54.8 Å². The molecule has 1 amide bonds. The zero-order valence-electron chi connectivity index (χ0n) is 13.4. The summed E-state index contributed by atoms with van der Waals surface area (Å²) < 4.78 is 2.84. The van der Waals surface area contributed by atoms with Gasteiger partial charge in [-0.1, -0.05) is 27.5 Å². The summed E-state index contributed by atoms with van der Waals surface area (Å²) in [5.41, 5.74) is 3.43. The summed E-state index contributed by atoms with van der Waals surface area (Å²) >= 11 is 9.40. The number of halogens is 2. The van der Waals surface area contributed by atoms with Gasteiger partial charge < -0.3 is 9.88 Å². The highest BCUT2D eigenvalue weighted by atomic mass is 79.9. The lowest BCUT2D eigenvalue weighted by molar-refractivity contribution is 0.102. The Balaban J connectivity index is 1.81. The lowest BCUT2D eigenvalue weighted by Crippen LogP contribution is -2.23. The second-order valence-electron chi connectivity index (χ2n) is 6.19. The molecule has 0 fully saturated rings. The van der Waals surface area contributed by atoms with Crippen LogP contribution >= 0.6 is 27.5 Å². The number of amides is 1. The molecule has 0 atom stereocenters. The lowest BCUT2D eigenvalue weighted by Gasteiger charge is -2.11. The first-order valence-electron chi connectivity index (χ1n) is 7.87. The van der Waals surface area contributed by atoms with Crippen molar-refractivity contribution in [3.8, 4) is 0 Å². The molecule has 2 aromatic carbocycles. The number of carbonyl (C=O) groups excluding carboxylic acids is 1. The first-order valence-corrected chi connectivity index (χ1v) is 9.04. The molecule has 4 rings (SSSR count). The van der Waals surface area contributed by atoms with Crippen molar-refractivity contribution in [2.24, 2.45) is 0 Å². The predicted molar refractivity (Wildman–Crippen MR) is 104 cm³/mol. The number of pyridine rings is 1. The maximum absolute atomic E-state index is 12.9. The highest BCUT2D eigenvalue weighted by Crippen LogP contribution is 2.28. The smallest absolute Gasteiger partial charge is 0.261 e. The number of nitrogens with zero attached hydrogens (tertiary/aromatic N) is 1. The summed E-state index contributed by atoms with van der Waals surface area (Å²) in [6.45, 7) is 2.63. The van der Waals surface area contributed by atoms with Crippen LogP contribution in [0, 0.1) is 6.92 Å². The van der Waals surface area contributed by atoms with E-state index in [1.807, 2.05) is 17.6 Å². The number of rotatable bonds is 2. The Bertz CT molecular complexity index is 1100. The molecule has 0 spiro atoms. The molecule has 0 saturated carbocycles. The molecule has 0 bridgehead atoms. The van der Waals surface area contributed by atoms with Crippen molar-refractivity contribution in [1.29, 1.82) is 0 Å². The Hall–Kier alpha value is -2.11. The van der Waals surface area contributed by atoms with Crippen molar-refractivity contribution in [2.45, 2.75) is 19.9 Å². The Morgan fingerprint density at radius 1 is 1.28 bits per heavy atom. The van der Waals surface area contributed by atoms with Gasteiger partial charge in [-0.25, -0.2) is 0 Å². The van der Waals surface area contributed by atoms with Gasteiger partial charge in [0.05, 0.1) is 5.52 Å². The van der Waals surface area contributed by atoms with Crippen LogP contribution in [-0.2, 0) is 13.0 Å². The summed E-state index contributed by atoms with van der Waals surface area (Å²) in [5.74, 6) is -0.408. The number of aryl methyl sites for hydroxylation is 3. The number of benzene rings is 2. The molecular formula is C19H14BrClN2O2. The standard InChI is InChI=1S/C19H14BrClN2O2/c1-10-6-13(21)2-3-16(10)22-19(25)15-9-23-5-4-11-7-12(20)8-14(17(11)23)18(15)24/h2-3,6-9H,4-5H2,1H3,(H,22,25). The first-order chi connectivity index (χ1) is 11.9. The molecule has 0 radical (unpaired) electrons. The molecule has 4 nitrogen and oxygen atoms in total. The highest BCUT2D eigenvalue weighted by molar-refractivity contribution is 9.10. The number of nitrogens with one attached hydrogen (secondary N) is 1. The van der Waals surface area contributed by atoms with Crippen molar-refractivity contribution >= 4 is 50.0 Å². The van der Waals surface area contributed by atoms with Crippen molar-refractivity contribution in [3.63, 3.8) is 0 Å². The van der Waals surface area contributed by atoms with Gasteiger partial charge in [0.2, 0.25) is 5.43 Å². The van der Waals surface area contributed by atoms with Crippen LogP contribution in [0.4, 0.5) is 5.69 Å². The van der Waals surface area contributed by atoms with Gasteiger partial charge in [-0.15, -0.1) is 0 Å². The zero-order valence-corrected chi connectivity index (χ0v) is 15.7. The van der Waals surface area contributed by atoms with Crippen LogP contribution in [-0.4, -0.2) is 10.5 Å². The molecule has 1 aliphatic heterocycles. The molecule has 0 saturated heterocycles. The Labute approximate surface area is 157 Å². The summed E-state index contributed by atoms with van der Waals surface area (Å²) in [6, 6.07) is 9.03. The van der Waals surface area contributed by atoms with Gasteiger partial charge in [0.15, 0.2) is 0 Å². The molecular weight excluding hydrogens is 404 g/mol. The van der Waals surface area contributed by atoms with Gasteiger partial charge in [-0.3, -0.25) is 9.59 Å². The van der Waals surface area contributed by atoms with Crippen LogP contribution < -0.4 is 10.7 Å². The molecule has 6 heteroatoms. The molecule has 0 unspecified atom stereocenters. The van der Waals surface area contributed by atoms with Crippen LogP contribution in [0.5, 0.6) is 0 Å². The molecule has 2 heterocycles. The summed E-state index contributed by atoms with van der Waals surface area (Å²) in [4.78, 5) is 25.6. The van der Waals surface area contributed by atoms with Crippen molar-refractivity contribution < 1.29 is 4.79 Å². The lowest BCUT2D eigenvalue weighted by atomic mass is 10.1. The van der Waals surface area contributed by atoms with E-state index in [1.165, 1.54) is 0 Å². The van der Waals surface area contributed by atoms with Gasteiger partial charge in [-0.2, -0.15) is 0 Å². The third-order valence-corrected chi connectivity index (χ3v) is 5.21. The maximum Gasteiger partial charge on any atom is 0.261 e. The third kappa shape index (κ3) is 2.77. The van der Waals surface area contributed by atoms with E-state index in [-0.39, 0.29) is 11.0 Å². The van der Waals surface area contributed by atoms with Crippen molar-refractivity contribution in [2.75, 3.05) is 5.32 Å². The second kappa shape index (κ2) is 6.00. The quantitative estimate of drug-likeness (QED) is 0.666. The molecule has 25 heavy (non-hydrogen) atoms. The number of hydrogen-bond donors (Lipinski definition) is 1. The minimum atomic E-state index is -0.408. The van der Waals surface area contributed by atoms with Crippen LogP contribution in [0.2, 0.25) is 5.02 Å². The monoisotopic (exact) mass is 416 g/mol. The van der Waals surface area contributed by atoms with Crippen molar-refractivity contribution in [3.05, 3.63) is 72.9 Å². The van der Waals surface area contributed by atoms with Crippen LogP contribution in [0.1, 0.15) is 21.5 Å². The molecule has 126 valence electrons. The molecule has 1 N–H and O–H groups in total. The number of aromatic nitrogens is 1. The Kier molecular flexibility index (Phi) is 3.93. The van der Waals surface area contributed by atoms with E-state index in [0.29, 0.717) is 16.1 Å². The fraction of sp³-hybridized carbons (Fsp3) is 0.158. The number of carbonyl (C=O) groups is 1. The van der Waals surface area contributed by atoms with Gasteiger partial charge >= 0.3 is 0 Å². The SMILES string of the molecule is Cc1cc(Cl)ccc1NC(=O)c1cn2c3c(cc(Br)cc3c1=O)CC2. The minimum absolute atomic E-state index is 0.146. The average molecular weight is 418 g/mol. The van der Waals surface area contributed by atoms with Crippen LogP contribution in [0.25, 0.3) is 10.9 Å². The Morgan fingerprint density at radius 2 is 2.08 bits per heavy atom. The number of hydrogen-bond acceptors (Lipinski definition) is 2. The van der Waals surface area contributed by atoms with Gasteiger partial charge in [0, 0.05) is 33.3 Å². The van der Waals surface area contributed by atoms with E-state index < -0.39 is 5.91 Å². The highest BCUT2D eigenvalue weighted by Gasteiger charge is 2.21. The van der Waals surface area contributed by atoms with Gasteiger partial charge in [0.25, 0.3) is 5.91 Å². The van der Waals surface area contributed by atoms with E-state index in [0.717, 1.165) is 34.1 Å². The molecule has 0 aliphatic carbocycles. The van der Waals surface area contributed by atoms with E-state index in [4.69, 9.17) is 11.6 Å².